The zero-order chi connectivity index (χ0) is 14.1. The monoisotopic (exact) mass is 362 g/mol. The third kappa shape index (κ3) is 3.81. The van der Waals surface area contributed by atoms with Gasteiger partial charge >= 0.3 is 0 Å². The molecule has 1 saturated heterocycles. The molecular formula is C14H20Cl2N4OS. The predicted molar refractivity (Wildman–Crippen MR) is 94.5 cm³/mol. The molecule has 0 saturated carbocycles. The summed E-state index contributed by atoms with van der Waals surface area (Å²) >= 11 is 1.62. The van der Waals surface area contributed by atoms with Crippen molar-refractivity contribution in [3.63, 3.8) is 0 Å². The van der Waals surface area contributed by atoms with Gasteiger partial charge in [-0.25, -0.2) is 4.98 Å². The van der Waals surface area contributed by atoms with E-state index in [1.807, 2.05) is 29.5 Å². The molecule has 5 nitrogen and oxygen atoms in total. The lowest BCUT2D eigenvalue weighted by molar-refractivity contribution is 0.0650. The van der Waals surface area contributed by atoms with Crippen LogP contribution in [0.15, 0.2) is 17.6 Å². The second-order valence-electron chi connectivity index (χ2n) is 5.11. The third-order valence-corrected chi connectivity index (χ3v) is 4.36. The first kappa shape index (κ1) is 19.0. The molecule has 1 atom stereocenters. The lowest BCUT2D eigenvalue weighted by atomic mass is 10.2. The maximum Gasteiger partial charge on any atom is 0.270 e. The first-order valence-electron chi connectivity index (χ1n) is 6.78. The Morgan fingerprint density at radius 2 is 2.23 bits per heavy atom. The minimum atomic E-state index is 0. The average molecular weight is 363 g/mol. The Labute approximate surface area is 146 Å². The molecule has 1 fully saturated rings. The van der Waals surface area contributed by atoms with Gasteiger partial charge in [0.15, 0.2) is 0 Å². The van der Waals surface area contributed by atoms with Crippen LogP contribution in [0.3, 0.4) is 0 Å². The number of nitrogens with one attached hydrogen (secondary N) is 2. The maximum absolute atomic E-state index is 12.5. The molecule has 0 aliphatic carbocycles. The number of aromatic amines is 1. The van der Waals surface area contributed by atoms with Gasteiger partial charge in [0, 0.05) is 42.8 Å². The third-order valence-electron chi connectivity index (χ3n) is 3.59. The van der Waals surface area contributed by atoms with Crippen LogP contribution in [-0.4, -0.2) is 46.5 Å². The highest BCUT2D eigenvalue weighted by Crippen LogP contribution is 2.23. The largest absolute Gasteiger partial charge is 0.357 e. The Balaban J connectivity index is 0.00000121. The van der Waals surface area contributed by atoms with Crippen LogP contribution in [-0.2, 0) is 0 Å². The molecule has 2 aromatic heterocycles. The topological polar surface area (TPSA) is 61.0 Å². The summed E-state index contributed by atoms with van der Waals surface area (Å²) in [6.07, 6.45) is 1.86. The van der Waals surface area contributed by atoms with Crippen LogP contribution < -0.4 is 5.32 Å². The first-order valence-corrected chi connectivity index (χ1v) is 7.65. The van der Waals surface area contributed by atoms with Gasteiger partial charge in [0.1, 0.15) is 5.69 Å². The number of carbonyl (C=O) groups excluding carboxylic acids is 1. The van der Waals surface area contributed by atoms with E-state index in [2.05, 4.69) is 22.2 Å². The van der Waals surface area contributed by atoms with Crippen molar-refractivity contribution < 1.29 is 4.79 Å². The van der Waals surface area contributed by atoms with Gasteiger partial charge < -0.3 is 15.2 Å². The number of piperazine rings is 1. The highest BCUT2D eigenvalue weighted by atomic mass is 35.5. The van der Waals surface area contributed by atoms with Gasteiger partial charge in [-0.2, -0.15) is 0 Å². The maximum atomic E-state index is 12.5. The van der Waals surface area contributed by atoms with E-state index in [-0.39, 0.29) is 36.8 Å². The zero-order valence-electron chi connectivity index (χ0n) is 12.5. The van der Waals surface area contributed by atoms with E-state index in [1.54, 1.807) is 11.3 Å². The van der Waals surface area contributed by atoms with Crippen LogP contribution in [0.25, 0.3) is 11.3 Å². The number of carbonyl (C=O) groups is 1. The Kier molecular flexibility index (Phi) is 6.87. The SMILES string of the molecule is Cc1nc(-c2c[nH]c(C(=O)N3CCNCC3C)c2)cs1.Cl.Cl. The van der Waals surface area contributed by atoms with E-state index >= 15 is 0 Å². The normalized spacial score (nSPS) is 17.5. The summed E-state index contributed by atoms with van der Waals surface area (Å²) in [4.78, 5) is 22.0. The lowest BCUT2D eigenvalue weighted by Crippen LogP contribution is -2.52. The molecule has 22 heavy (non-hydrogen) atoms. The molecule has 0 bridgehead atoms. The van der Waals surface area contributed by atoms with Gasteiger partial charge in [0.2, 0.25) is 0 Å². The van der Waals surface area contributed by atoms with Crippen LogP contribution in [0.2, 0.25) is 0 Å². The number of hydrogen-bond acceptors (Lipinski definition) is 4. The van der Waals surface area contributed by atoms with Crippen LogP contribution in [0.4, 0.5) is 0 Å². The van der Waals surface area contributed by atoms with Crippen LogP contribution in [0.5, 0.6) is 0 Å². The summed E-state index contributed by atoms with van der Waals surface area (Å²) < 4.78 is 0. The minimum absolute atomic E-state index is 0. The molecule has 1 amide bonds. The molecule has 2 N–H and O–H groups in total. The molecule has 1 aliphatic rings. The van der Waals surface area contributed by atoms with Gasteiger partial charge in [-0.1, -0.05) is 0 Å². The number of H-pyrrole nitrogens is 1. The second-order valence-corrected chi connectivity index (χ2v) is 6.17. The van der Waals surface area contributed by atoms with E-state index in [9.17, 15) is 4.79 Å². The fourth-order valence-corrected chi connectivity index (χ4v) is 3.08. The quantitative estimate of drug-likeness (QED) is 0.863. The number of amides is 1. The number of rotatable bonds is 2. The number of halogens is 2. The molecule has 3 heterocycles. The molecule has 3 rings (SSSR count). The lowest BCUT2D eigenvalue weighted by Gasteiger charge is -2.33. The highest BCUT2D eigenvalue weighted by molar-refractivity contribution is 7.09. The molecule has 0 spiro atoms. The van der Waals surface area contributed by atoms with Crippen LogP contribution >= 0.6 is 36.2 Å². The Bertz CT molecular complexity index is 628. The van der Waals surface area contributed by atoms with Crippen molar-refractivity contribution in [3.8, 4) is 11.3 Å². The molecular weight excluding hydrogens is 343 g/mol. The Hall–Kier alpha value is -1.08. The van der Waals surface area contributed by atoms with Crippen molar-refractivity contribution >= 4 is 42.1 Å². The fraction of sp³-hybridized carbons (Fsp3) is 0.429. The van der Waals surface area contributed by atoms with Crippen molar-refractivity contribution in [2.75, 3.05) is 19.6 Å². The summed E-state index contributed by atoms with van der Waals surface area (Å²) in [5.74, 6) is 0.0669. The number of nitrogens with zero attached hydrogens (tertiary/aromatic N) is 2. The molecule has 1 unspecified atom stereocenters. The van der Waals surface area contributed by atoms with Gasteiger partial charge in [-0.05, 0) is 19.9 Å². The van der Waals surface area contributed by atoms with E-state index in [1.165, 1.54) is 0 Å². The molecule has 2 aromatic rings. The first-order chi connectivity index (χ1) is 9.65. The summed E-state index contributed by atoms with van der Waals surface area (Å²) in [7, 11) is 0. The van der Waals surface area contributed by atoms with Crippen molar-refractivity contribution in [2.24, 2.45) is 0 Å². The number of aromatic nitrogens is 2. The van der Waals surface area contributed by atoms with E-state index in [4.69, 9.17) is 0 Å². The van der Waals surface area contributed by atoms with Crippen LogP contribution in [0.1, 0.15) is 22.4 Å². The molecule has 0 radical (unpaired) electrons. The standard InChI is InChI=1S/C14H18N4OS.2ClH/c1-9-6-15-3-4-18(9)14(19)12-5-11(7-16-12)13-8-20-10(2)17-13;;/h5,7-9,15-16H,3-4,6H2,1-2H3;2*1H. The smallest absolute Gasteiger partial charge is 0.270 e. The van der Waals surface area contributed by atoms with Crippen molar-refractivity contribution in [1.29, 1.82) is 0 Å². The van der Waals surface area contributed by atoms with Crippen LogP contribution in [0, 0.1) is 6.92 Å². The predicted octanol–water partition coefficient (Wildman–Crippen LogP) is 2.72. The number of hydrogen-bond donors (Lipinski definition) is 2. The second kappa shape index (κ2) is 7.97. The van der Waals surface area contributed by atoms with Crippen molar-refractivity contribution in [2.45, 2.75) is 19.9 Å². The molecule has 0 aromatic carbocycles. The van der Waals surface area contributed by atoms with Gasteiger partial charge in [-0.3, -0.25) is 4.79 Å². The van der Waals surface area contributed by atoms with Gasteiger partial charge in [0.25, 0.3) is 5.91 Å². The summed E-state index contributed by atoms with van der Waals surface area (Å²) in [5.41, 5.74) is 2.54. The molecule has 8 heteroatoms. The van der Waals surface area contributed by atoms with Gasteiger partial charge in [0.05, 0.1) is 10.7 Å². The summed E-state index contributed by atoms with van der Waals surface area (Å²) in [6.45, 7) is 6.51. The number of aryl methyl sites for hydroxylation is 1. The van der Waals surface area contributed by atoms with E-state index < -0.39 is 0 Å². The summed E-state index contributed by atoms with van der Waals surface area (Å²) in [6, 6.07) is 2.12. The average Bonchev–Trinajstić information content (AvgIpc) is 3.07. The highest BCUT2D eigenvalue weighted by Gasteiger charge is 2.25. The Morgan fingerprint density at radius 1 is 1.45 bits per heavy atom. The van der Waals surface area contributed by atoms with E-state index in [0.717, 1.165) is 35.9 Å². The van der Waals surface area contributed by atoms with Crippen molar-refractivity contribution in [3.05, 3.63) is 28.3 Å². The van der Waals surface area contributed by atoms with E-state index in [0.29, 0.717) is 5.69 Å². The van der Waals surface area contributed by atoms with Gasteiger partial charge in [-0.15, -0.1) is 36.2 Å². The Morgan fingerprint density at radius 3 is 2.86 bits per heavy atom. The minimum Gasteiger partial charge on any atom is -0.357 e. The number of thiazole rings is 1. The van der Waals surface area contributed by atoms with Crippen molar-refractivity contribution in [1.82, 2.24) is 20.2 Å². The fourth-order valence-electron chi connectivity index (χ4n) is 2.46. The zero-order valence-corrected chi connectivity index (χ0v) is 14.9. The molecule has 122 valence electrons. The summed E-state index contributed by atoms with van der Waals surface area (Å²) in [5, 5.41) is 6.34. The molecule has 1 aliphatic heterocycles.